The molecule has 1 aromatic heterocycles. The zero-order valence-corrected chi connectivity index (χ0v) is 20.8. The summed E-state index contributed by atoms with van der Waals surface area (Å²) in [6.07, 6.45) is 13.7. The predicted octanol–water partition coefficient (Wildman–Crippen LogP) is 6.46. The Balaban J connectivity index is 1.23. The van der Waals surface area contributed by atoms with Crippen LogP contribution < -0.4 is 0 Å². The number of Topliss-reactive ketones (excluding diaryl/α,β-unsaturated/α-hetero) is 2. The third-order valence-electron chi connectivity index (χ3n) is 8.14. The van der Waals surface area contributed by atoms with Gasteiger partial charge < -0.3 is 4.42 Å². The molecule has 0 amide bonds. The molecule has 1 aromatic rings. The molecule has 2 aliphatic heterocycles. The van der Waals surface area contributed by atoms with Gasteiger partial charge in [-0.15, -0.1) is 0 Å². The smallest absolute Gasteiger partial charge is 0.166 e. The fourth-order valence-corrected chi connectivity index (χ4v) is 6.42. The molecule has 0 aromatic carbocycles. The van der Waals surface area contributed by atoms with Crippen LogP contribution in [0.5, 0.6) is 0 Å². The Morgan fingerprint density at radius 1 is 1.03 bits per heavy atom. The molecule has 178 valence electrons. The van der Waals surface area contributed by atoms with Crippen molar-refractivity contribution in [2.24, 2.45) is 11.3 Å². The molecule has 0 radical (unpaired) electrons. The number of hydrogen-bond donors (Lipinski definition) is 0. The van der Waals surface area contributed by atoms with Crippen LogP contribution in [0.1, 0.15) is 119 Å². The minimum atomic E-state index is 0.230. The van der Waals surface area contributed by atoms with Gasteiger partial charge in [0.05, 0.1) is 12.1 Å². The quantitative estimate of drug-likeness (QED) is 0.413. The third-order valence-corrected chi connectivity index (χ3v) is 8.14. The van der Waals surface area contributed by atoms with Crippen LogP contribution in [0, 0.1) is 18.3 Å². The summed E-state index contributed by atoms with van der Waals surface area (Å²) in [5.41, 5.74) is 2.34. The van der Waals surface area contributed by atoms with Crippen molar-refractivity contribution in [3.05, 3.63) is 22.6 Å². The lowest BCUT2D eigenvalue weighted by Gasteiger charge is -2.38. The van der Waals surface area contributed by atoms with Crippen molar-refractivity contribution in [1.82, 2.24) is 4.90 Å². The molecule has 0 spiro atoms. The fourth-order valence-electron chi connectivity index (χ4n) is 6.42. The summed E-state index contributed by atoms with van der Waals surface area (Å²) >= 11 is 0. The number of aryl methyl sites for hydroxylation is 2. The summed E-state index contributed by atoms with van der Waals surface area (Å²) in [7, 11) is 0. The number of piperidine rings is 1. The molecule has 2 bridgehead atoms. The molecule has 1 aliphatic carbocycles. The van der Waals surface area contributed by atoms with Crippen molar-refractivity contribution < 1.29 is 14.0 Å². The Kier molecular flexibility index (Phi) is 7.29. The molecule has 3 heterocycles. The van der Waals surface area contributed by atoms with Gasteiger partial charge in [-0.1, -0.05) is 20.8 Å². The molecule has 4 rings (SSSR count). The summed E-state index contributed by atoms with van der Waals surface area (Å²) in [6.45, 7) is 9.25. The first-order valence-corrected chi connectivity index (χ1v) is 13.1. The van der Waals surface area contributed by atoms with E-state index < -0.39 is 0 Å². The van der Waals surface area contributed by atoms with Gasteiger partial charge in [-0.05, 0) is 82.5 Å². The average molecular weight is 442 g/mol. The third kappa shape index (κ3) is 5.55. The minimum absolute atomic E-state index is 0.230. The molecule has 3 atom stereocenters. The highest BCUT2D eigenvalue weighted by atomic mass is 16.3. The number of ketones is 2. The zero-order valence-electron chi connectivity index (χ0n) is 20.8. The Morgan fingerprint density at radius 2 is 1.72 bits per heavy atom. The maximum atomic E-state index is 13.0. The van der Waals surface area contributed by atoms with Gasteiger partial charge >= 0.3 is 0 Å². The SMILES string of the molecule is Cc1oc2c(c1C(=O)CCC[C@H]1C[C@H]3CC[C@@H](C1)N3CC(=O)CCC(C)(C)C)CCCC2. The predicted molar refractivity (Wildman–Crippen MR) is 128 cm³/mol. The van der Waals surface area contributed by atoms with Crippen molar-refractivity contribution in [2.75, 3.05) is 6.54 Å². The number of carbonyl (C=O) groups excluding carboxylic acids is 2. The van der Waals surface area contributed by atoms with Gasteiger partial charge in [0, 0.05) is 36.9 Å². The fraction of sp³-hybridized carbons (Fsp3) is 0.786. The molecule has 2 saturated heterocycles. The molecular weight excluding hydrogens is 398 g/mol. The summed E-state index contributed by atoms with van der Waals surface area (Å²) < 4.78 is 5.92. The van der Waals surface area contributed by atoms with E-state index in [1.165, 1.54) is 44.1 Å². The lowest BCUT2D eigenvalue weighted by Crippen LogP contribution is -2.45. The standard InChI is InChI=1S/C28H43NO3/c1-19-27(24-9-5-6-11-26(24)32-19)25(31)10-7-8-20-16-21-12-13-22(17-20)29(21)18-23(30)14-15-28(2,3)4/h20-22H,5-18H2,1-4H3/t20-,21+,22-. The first-order valence-electron chi connectivity index (χ1n) is 13.1. The Labute approximate surface area is 194 Å². The van der Waals surface area contributed by atoms with E-state index in [4.69, 9.17) is 4.42 Å². The lowest BCUT2D eigenvalue weighted by molar-refractivity contribution is -0.122. The van der Waals surface area contributed by atoms with Crippen molar-refractivity contribution in [2.45, 2.75) is 123 Å². The normalized spacial score (nSPS) is 25.7. The van der Waals surface area contributed by atoms with Crippen molar-refractivity contribution in [1.29, 1.82) is 0 Å². The van der Waals surface area contributed by atoms with Gasteiger partial charge in [0.1, 0.15) is 17.3 Å². The van der Waals surface area contributed by atoms with Crippen molar-refractivity contribution >= 4 is 11.6 Å². The highest BCUT2D eigenvalue weighted by molar-refractivity contribution is 5.98. The van der Waals surface area contributed by atoms with Gasteiger partial charge in [0.2, 0.25) is 0 Å². The monoisotopic (exact) mass is 441 g/mol. The molecule has 0 saturated carbocycles. The van der Waals surface area contributed by atoms with Gasteiger partial charge in [-0.25, -0.2) is 0 Å². The van der Waals surface area contributed by atoms with E-state index in [0.717, 1.165) is 49.2 Å². The summed E-state index contributed by atoms with van der Waals surface area (Å²) in [5.74, 6) is 3.32. The van der Waals surface area contributed by atoms with E-state index in [1.54, 1.807) is 0 Å². The molecule has 4 nitrogen and oxygen atoms in total. The summed E-state index contributed by atoms with van der Waals surface area (Å²) in [4.78, 5) is 28.1. The maximum Gasteiger partial charge on any atom is 0.166 e. The number of fused-ring (bicyclic) bond motifs is 3. The second-order valence-corrected chi connectivity index (χ2v) is 12.0. The first-order chi connectivity index (χ1) is 15.2. The zero-order chi connectivity index (χ0) is 22.9. The molecule has 0 unspecified atom stereocenters. The van der Waals surface area contributed by atoms with Gasteiger partial charge in [0.15, 0.2) is 5.78 Å². The van der Waals surface area contributed by atoms with Crippen LogP contribution in [-0.4, -0.2) is 35.1 Å². The van der Waals surface area contributed by atoms with Crippen LogP contribution in [0.4, 0.5) is 0 Å². The second kappa shape index (κ2) is 9.83. The average Bonchev–Trinajstić information content (AvgIpc) is 3.17. The topological polar surface area (TPSA) is 50.5 Å². The number of hydrogen-bond acceptors (Lipinski definition) is 4. The maximum absolute atomic E-state index is 13.0. The highest BCUT2D eigenvalue weighted by Gasteiger charge is 2.41. The van der Waals surface area contributed by atoms with Gasteiger partial charge in [-0.3, -0.25) is 14.5 Å². The van der Waals surface area contributed by atoms with Crippen LogP contribution in [0.25, 0.3) is 0 Å². The molecule has 0 N–H and O–H groups in total. The van der Waals surface area contributed by atoms with E-state index in [2.05, 4.69) is 25.7 Å². The summed E-state index contributed by atoms with van der Waals surface area (Å²) in [5, 5.41) is 0. The molecule has 4 heteroatoms. The van der Waals surface area contributed by atoms with Crippen LogP contribution in [0.15, 0.2) is 4.42 Å². The minimum Gasteiger partial charge on any atom is -0.465 e. The molecule has 32 heavy (non-hydrogen) atoms. The van der Waals surface area contributed by atoms with Gasteiger partial charge in [-0.2, -0.15) is 0 Å². The summed E-state index contributed by atoms with van der Waals surface area (Å²) in [6, 6.07) is 1.16. The van der Waals surface area contributed by atoms with E-state index in [1.807, 2.05) is 6.92 Å². The second-order valence-electron chi connectivity index (χ2n) is 12.0. The first kappa shape index (κ1) is 23.7. The molecule has 2 fully saturated rings. The van der Waals surface area contributed by atoms with E-state index in [0.29, 0.717) is 49.0 Å². The highest BCUT2D eigenvalue weighted by Crippen LogP contribution is 2.40. The number of nitrogens with zero attached hydrogens (tertiary/aromatic N) is 1. The Hall–Kier alpha value is -1.42. The van der Waals surface area contributed by atoms with Crippen LogP contribution in [0.2, 0.25) is 0 Å². The lowest BCUT2D eigenvalue weighted by atomic mass is 9.85. The Morgan fingerprint density at radius 3 is 2.41 bits per heavy atom. The molecule has 3 aliphatic rings. The number of carbonyl (C=O) groups is 2. The van der Waals surface area contributed by atoms with Crippen molar-refractivity contribution in [3.8, 4) is 0 Å². The molecular formula is C28H43NO3. The Bertz CT molecular complexity index is 816. The van der Waals surface area contributed by atoms with Gasteiger partial charge in [0.25, 0.3) is 0 Å². The number of rotatable bonds is 9. The number of furan rings is 1. The van der Waals surface area contributed by atoms with Crippen LogP contribution in [0.3, 0.4) is 0 Å². The van der Waals surface area contributed by atoms with E-state index in [-0.39, 0.29) is 5.41 Å². The largest absolute Gasteiger partial charge is 0.465 e. The van der Waals surface area contributed by atoms with Crippen LogP contribution in [-0.2, 0) is 17.6 Å². The van der Waals surface area contributed by atoms with Crippen molar-refractivity contribution in [3.63, 3.8) is 0 Å². The van der Waals surface area contributed by atoms with E-state index >= 15 is 0 Å². The van der Waals surface area contributed by atoms with E-state index in [9.17, 15) is 9.59 Å². The van der Waals surface area contributed by atoms with Crippen LogP contribution >= 0.6 is 0 Å².